The van der Waals surface area contributed by atoms with Gasteiger partial charge in [-0.3, -0.25) is 4.79 Å². The minimum Gasteiger partial charge on any atom is -0.497 e. The lowest BCUT2D eigenvalue weighted by molar-refractivity contribution is -0.123. The van der Waals surface area contributed by atoms with Crippen molar-refractivity contribution in [2.45, 2.75) is 50.6 Å². The summed E-state index contributed by atoms with van der Waals surface area (Å²) >= 11 is 0. The number of rotatable bonds is 6. The van der Waals surface area contributed by atoms with Crippen LogP contribution in [0, 0.1) is 0 Å². The predicted molar refractivity (Wildman–Crippen MR) is 110 cm³/mol. The summed E-state index contributed by atoms with van der Waals surface area (Å²) in [5, 5.41) is 3.38. The smallest absolute Gasteiger partial charge is 0.222 e. The fraction of sp³-hybridized carbons (Fsp3) is 0.391. The topological polar surface area (TPSA) is 56.1 Å². The van der Waals surface area contributed by atoms with Gasteiger partial charge in [0.25, 0.3) is 0 Å². The number of carbonyl (C=O) groups excluding carboxylic acids is 1. The van der Waals surface area contributed by atoms with Gasteiger partial charge in [-0.15, -0.1) is 0 Å². The number of nitrogens with zero attached hydrogens (tertiary/aromatic N) is 2. The molecule has 0 saturated heterocycles. The van der Waals surface area contributed by atoms with Crippen LogP contribution in [0.5, 0.6) is 5.75 Å². The van der Waals surface area contributed by atoms with Gasteiger partial charge in [-0.2, -0.15) is 0 Å². The number of imidazole rings is 1. The van der Waals surface area contributed by atoms with E-state index < -0.39 is 0 Å². The van der Waals surface area contributed by atoms with Crippen LogP contribution in [0.1, 0.15) is 44.1 Å². The molecular weight excluding hydrogens is 350 g/mol. The molecule has 0 aliphatic heterocycles. The van der Waals surface area contributed by atoms with Gasteiger partial charge in [0.1, 0.15) is 5.75 Å². The number of aryl methyl sites for hydroxylation is 1. The molecule has 0 atom stereocenters. The van der Waals surface area contributed by atoms with Crippen molar-refractivity contribution >= 4 is 16.9 Å². The number of fused-ring (bicyclic) bond motifs is 1. The molecule has 0 unspecified atom stereocenters. The molecular formula is C23H27N3O2. The van der Waals surface area contributed by atoms with E-state index in [1.807, 2.05) is 42.7 Å². The molecule has 1 aliphatic carbocycles. The van der Waals surface area contributed by atoms with E-state index in [-0.39, 0.29) is 11.4 Å². The van der Waals surface area contributed by atoms with Gasteiger partial charge in [0.15, 0.2) is 0 Å². The number of aromatic nitrogens is 2. The molecule has 1 fully saturated rings. The first-order valence-electron chi connectivity index (χ1n) is 10.1. The number of benzene rings is 2. The Morgan fingerprint density at radius 3 is 2.61 bits per heavy atom. The number of ether oxygens (including phenoxy) is 1. The van der Waals surface area contributed by atoms with Gasteiger partial charge in [-0.05, 0) is 42.7 Å². The van der Waals surface area contributed by atoms with Crippen molar-refractivity contribution in [2.75, 3.05) is 7.11 Å². The molecule has 1 saturated carbocycles. The fourth-order valence-corrected chi connectivity index (χ4v) is 4.29. The highest BCUT2D eigenvalue weighted by Crippen LogP contribution is 2.37. The van der Waals surface area contributed by atoms with Crippen molar-refractivity contribution in [3.05, 3.63) is 60.4 Å². The van der Waals surface area contributed by atoms with E-state index in [0.717, 1.165) is 42.5 Å². The zero-order valence-corrected chi connectivity index (χ0v) is 16.4. The van der Waals surface area contributed by atoms with Gasteiger partial charge in [-0.1, -0.05) is 43.5 Å². The van der Waals surface area contributed by atoms with Crippen LogP contribution < -0.4 is 10.1 Å². The molecule has 1 aliphatic rings. The van der Waals surface area contributed by atoms with Gasteiger partial charge >= 0.3 is 0 Å². The van der Waals surface area contributed by atoms with E-state index >= 15 is 0 Å². The van der Waals surface area contributed by atoms with E-state index in [2.05, 4.69) is 27.0 Å². The molecule has 0 radical (unpaired) electrons. The molecule has 1 N–H and O–H groups in total. The van der Waals surface area contributed by atoms with Crippen molar-refractivity contribution in [3.63, 3.8) is 0 Å². The zero-order chi connectivity index (χ0) is 19.4. The Balaban J connectivity index is 1.47. The standard InChI is InChI=1S/C23H27N3O2/c1-28-19-11-9-18(10-12-19)23(14-5-2-6-15-23)25-22(27)13-16-26-17-24-20-7-3-4-8-21(20)26/h3-4,7-12,17H,2,5-6,13-16H2,1H3,(H,25,27). The molecule has 1 heterocycles. The highest BCUT2D eigenvalue weighted by molar-refractivity contribution is 5.78. The largest absolute Gasteiger partial charge is 0.497 e. The third kappa shape index (κ3) is 3.75. The fourth-order valence-electron chi connectivity index (χ4n) is 4.29. The number of hydrogen-bond acceptors (Lipinski definition) is 3. The minimum atomic E-state index is -0.265. The van der Waals surface area contributed by atoms with Crippen LogP contribution >= 0.6 is 0 Å². The number of nitrogens with one attached hydrogen (secondary N) is 1. The summed E-state index contributed by atoms with van der Waals surface area (Å²) in [6.45, 7) is 0.630. The van der Waals surface area contributed by atoms with E-state index in [1.54, 1.807) is 7.11 Å². The lowest BCUT2D eigenvalue weighted by Crippen LogP contribution is -2.47. The molecule has 5 heteroatoms. The minimum absolute atomic E-state index is 0.0931. The Kier molecular flexibility index (Phi) is 5.33. The van der Waals surface area contributed by atoms with Gasteiger partial charge < -0.3 is 14.6 Å². The summed E-state index contributed by atoms with van der Waals surface area (Å²) in [6, 6.07) is 16.2. The molecule has 146 valence electrons. The van der Waals surface area contributed by atoms with Gasteiger partial charge in [-0.25, -0.2) is 4.98 Å². The zero-order valence-electron chi connectivity index (χ0n) is 16.4. The molecule has 0 bridgehead atoms. The molecule has 5 nitrogen and oxygen atoms in total. The second-order valence-corrected chi connectivity index (χ2v) is 7.60. The molecule has 0 spiro atoms. The maximum absolute atomic E-state index is 12.9. The van der Waals surface area contributed by atoms with E-state index in [9.17, 15) is 4.79 Å². The van der Waals surface area contributed by atoms with E-state index in [4.69, 9.17) is 4.74 Å². The van der Waals surface area contributed by atoms with Crippen molar-refractivity contribution in [3.8, 4) is 5.75 Å². The summed E-state index contributed by atoms with van der Waals surface area (Å²) in [4.78, 5) is 17.3. The summed E-state index contributed by atoms with van der Waals surface area (Å²) < 4.78 is 7.34. The third-order valence-electron chi connectivity index (χ3n) is 5.84. The second kappa shape index (κ2) is 8.05. The highest BCUT2D eigenvalue weighted by atomic mass is 16.5. The number of methoxy groups -OCH3 is 1. The quantitative estimate of drug-likeness (QED) is 0.692. The average molecular weight is 377 g/mol. The molecule has 4 rings (SSSR count). The summed E-state index contributed by atoms with van der Waals surface area (Å²) in [7, 11) is 1.67. The highest BCUT2D eigenvalue weighted by Gasteiger charge is 2.35. The van der Waals surface area contributed by atoms with Crippen LogP contribution in [0.2, 0.25) is 0 Å². The second-order valence-electron chi connectivity index (χ2n) is 7.60. The average Bonchev–Trinajstić information content (AvgIpc) is 3.16. The molecule has 1 aromatic heterocycles. The van der Waals surface area contributed by atoms with Crippen LogP contribution in [0.25, 0.3) is 11.0 Å². The van der Waals surface area contributed by atoms with Crippen LogP contribution in [-0.2, 0) is 16.9 Å². The van der Waals surface area contributed by atoms with Gasteiger partial charge in [0, 0.05) is 13.0 Å². The molecule has 28 heavy (non-hydrogen) atoms. The summed E-state index contributed by atoms with van der Waals surface area (Å²) in [6.07, 6.45) is 7.74. The van der Waals surface area contributed by atoms with Crippen LogP contribution in [0.15, 0.2) is 54.9 Å². The van der Waals surface area contributed by atoms with Crippen LogP contribution in [-0.4, -0.2) is 22.6 Å². The molecule has 2 aromatic carbocycles. The SMILES string of the molecule is COc1ccc(C2(NC(=O)CCn3cnc4ccccc43)CCCCC2)cc1. The van der Waals surface area contributed by atoms with Crippen molar-refractivity contribution < 1.29 is 9.53 Å². The molecule has 3 aromatic rings. The lowest BCUT2D eigenvalue weighted by atomic mass is 9.76. The van der Waals surface area contributed by atoms with Gasteiger partial charge in [0.05, 0.1) is 30.0 Å². The maximum Gasteiger partial charge on any atom is 0.222 e. The number of carbonyl (C=O) groups is 1. The lowest BCUT2D eigenvalue weighted by Gasteiger charge is -2.39. The Hall–Kier alpha value is -2.82. The van der Waals surface area contributed by atoms with E-state index in [0.29, 0.717) is 13.0 Å². The van der Waals surface area contributed by atoms with Gasteiger partial charge in [0.2, 0.25) is 5.91 Å². The van der Waals surface area contributed by atoms with Crippen LogP contribution in [0.3, 0.4) is 0 Å². The third-order valence-corrected chi connectivity index (χ3v) is 5.84. The molecule has 1 amide bonds. The number of hydrogen-bond donors (Lipinski definition) is 1. The summed E-state index contributed by atoms with van der Waals surface area (Å²) in [5.41, 5.74) is 2.94. The van der Waals surface area contributed by atoms with Crippen LogP contribution in [0.4, 0.5) is 0 Å². The monoisotopic (exact) mass is 377 g/mol. The predicted octanol–water partition coefficient (Wildman–Crippen LogP) is 4.41. The van der Waals surface area contributed by atoms with Crippen molar-refractivity contribution in [2.24, 2.45) is 0 Å². The van der Waals surface area contributed by atoms with E-state index in [1.165, 1.54) is 12.0 Å². The Morgan fingerprint density at radius 1 is 1.11 bits per heavy atom. The Bertz CT molecular complexity index is 940. The first-order chi connectivity index (χ1) is 13.7. The first kappa shape index (κ1) is 18.5. The Labute approximate surface area is 165 Å². The number of amides is 1. The van der Waals surface area contributed by atoms with Crippen molar-refractivity contribution in [1.82, 2.24) is 14.9 Å². The Morgan fingerprint density at radius 2 is 1.86 bits per heavy atom. The maximum atomic E-state index is 12.9. The van der Waals surface area contributed by atoms with Crippen molar-refractivity contribution in [1.29, 1.82) is 0 Å². The summed E-state index contributed by atoms with van der Waals surface area (Å²) in [5.74, 6) is 0.934. The number of para-hydroxylation sites is 2. The first-order valence-corrected chi connectivity index (χ1v) is 10.1. The normalized spacial score (nSPS) is 16.0.